The van der Waals surface area contributed by atoms with Gasteiger partial charge >= 0.3 is 0 Å². The highest BCUT2D eigenvalue weighted by atomic mass is 16.5. The summed E-state index contributed by atoms with van der Waals surface area (Å²) in [7, 11) is 1.69. The molecule has 0 radical (unpaired) electrons. The number of nitrogens with one attached hydrogen (secondary N) is 1. The molecular formula is C23H26N4O2. The Labute approximate surface area is 170 Å². The third-order valence-electron chi connectivity index (χ3n) is 5.34. The number of hydrogen-bond acceptors (Lipinski definition) is 4. The highest BCUT2D eigenvalue weighted by Crippen LogP contribution is 2.19. The second kappa shape index (κ2) is 8.92. The van der Waals surface area contributed by atoms with Gasteiger partial charge < -0.3 is 14.6 Å². The number of H-pyrrole nitrogens is 1. The van der Waals surface area contributed by atoms with Crippen molar-refractivity contribution in [2.24, 2.45) is 0 Å². The Hall–Kier alpha value is -3.12. The summed E-state index contributed by atoms with van der Waals surface area (Å²) >= 11 is 0. The van der Waals surface area contributed by atoms with Gasteiger partial charge in [0.25, 0.3) is 5.91 Å². The zero-order valence-electron chi connectivity index (χ0n) is 16.7. The first-order valence-corrected chi connectivity index (χ1v) is 9.99. The number of imidazole rings is 1. The number of methoxy groups -OCH3 is 1. The smallest absolute Gasteiger partial charge is 0.253 e. The summed E-state index contributed by atoms with van der Waals surface area (Å²) in [5.74, 6) is 0.971. The van der Waals surface area contributed by atoms with Crippen molar-refractivity contribution in [3.05, 3.63) is 66.0 Å². The Kier molecular flexibility index (Phi) is 5.91. The lowest BCUT2D eigenvalue weighted by molar-refractivity contribution is 0.0762. The zero-order chi connectivity index (χ0) is 20.1. The number of fused-ring (bicyclic) bond motifs is 1. The van der Waals surface area contributed by atoms with Crippen molar-refractivity contribution in [2.45, 2.75) is 6.42 Å². The van der Waals surface area contributed by atoms with Gasteiger partial charge in [-0.3, -0.25) is 9.69 Å². The average molecular weight is 390 g/mol. The maximum absolute atomic E-state index is 12.9. The molecule has 1 N–H and O–H groups in total. The third-order valence-corrected chi connectivity index (χ3v) is 5.34. The summed E-state index contributed by atoms with van der Waals surface area (Å²) in [6, 6.07) is 13.7. The number of aromatic amines is 1. The number of aromatic nitrogens is 2. The highest BCUT2D eigenvalue weighted by molar-refractivity contribution is 5.97. The molecule has 0 aliphatic carbocycles. The van der Waals surface area contributed by atoms with E-state index in [-0.39, 0.29) is 5.91 Å². The number of rotatable bonds is 5. The lowest BCUT2D eigenvalue weighted by Crippen LogP contribution is -2.35. The van der Waals surface area contributed by atoms with Crippen LogP contribution in [-0.2, 0) is 0 Å². The van der Waals surface area contributed by atoms with Crippen LogP contribution < -0.4 is 4.74 Å². The van der Waals surface area contributed by atoms with Gasteiger partial charge in [0, 0.05) is 43.9 Å². The van der Waals surface area contributed by atoms with Crippen LogP contribution in [0, 0.1) is 0 Å². The van der Waals surface area contributed by atoms with Crippen molar-refractivity contribution in [3.63, 3.8) is 0 Å². The molecule has 1 saturated heterocycles. The van der Waals surface area contributed by atoms with E-state index in [0.29, 0.717) is 5.56 Å². The summed E-state index contributed by atoms with van der Waals surface area (Å²) in [6.45, 7) is 4.24. The fourth-order valence-corrected chi connectivity index (χ4v) is 3.74. The minimum absolute atomic E-state index is 0.0907. The van der Waals surface area contributed by atoms with E-state index < -0.39 is 0 Å². The number of ether oxygens (including phenoxy) is 1. The summed E-state index contributed by atoms with van der Waals surface area (Å²) in [5.41, 5.74) is 3.57. The summed E-state index contributed by atoms with van der Waals surface area (Å²) < 4.78 is 5.40. The van der Waals surface area contributed by atoms with E-state index in [1.165, 1.54) is 0 Å². The van der Waals surface area contributed by atoms with Gasteiger partial charge in [0.1, 0.15) is 5.75 Å². The van der Waals surface area contributed by atoms with Crippen molar-refractivity contribution in [1.82, 2.24) is 19.8 Å². The fourth-order valence-electron chi connectivity index (χ4n) is 3.74. The van der Waals surface area contributed by atoms with Gasteiger partial charge in [-0.05, 0) is 30.7 Å². The first-order chi connectivity index (χ1) is 14.2. The SMILES string of the molecule is COc1ccccc1/C=C/CN1CCCN(C(=O)c2ccc3nc[nH]c3c2)CC1. The number of benzene rings is 2. The number of hydrogen-bond donors (Lipinski definition) is 1. The Morgan fingerprint density at radius 2 is 2.07 bits per heavy atom. The minimum atomic E-state index is 0.0907. The maximum atomic E-state index is 12.9. The van der Waals surface area contributed by atoms with Crippen molar-refractivity contribution in [3.8, 4) is 5.75 Å². The molecular weight excluding hydrogens is 364 g/mol. The number of amides is 1. The standard InChI is InChI=1S/C23H26N4O2/c1-29-22-8-3-2-6-18(22)7-4-11-26-12-5-13-27(15-14-26)23(28)19-9-10-20-21(16-19)25-17-24-20/h2-4,6-10,16-17H,5,11-15H2,1H3,(H,24,25)/b7-4+. The highest BCUT2D eigenvalue weighted by Gasteiger charge is 2.20. The monoisotopic (exact) mass is 390 g/mol. The molecule has 2 heterocycles. The quantitative estimate of drug-likeness (QED) is 0.725. The van der Waals surface area contributed by atoms with E-state index in [1.807, 2.05) is 41.3 Å². The van der Waals surface area contributed by atoms with Gasteiger partial charge in [0.2, 0.25) is 0 Å². The van der Waals surface area contributed by atoms with Crippen molar-refractivity contribution >= 4 is 23.0 Å². The minimum Gasteiger partial charge on any atom is -0.496 e. The Morgan fingerprint density at radius 1 is 1.17 bits per heavy atom. The molecule has 1 aromatic heterocycles. The second-order valence-electron chi connectivity index (χ2n) is 7.23. The van der Waals surface area contributed by atoms with Gasteiger partial charge in [-0.25, -0.2) is 4.98 Å². The fraction of sp³-hybridized carbons (Fsp3) is 0.304. The lowest BCUT2D eigenvalue weighted by Gasteiger charge is -2.21. The molecule has 0 unspecified atom stereocenters. The number of carbonyl (C=O) groups is 1. The molecule has 6 heteroatoms. The molecule has 1 amide bonds. The van der Waals surface area contributed by atoms with Crippen molar-refractivity contribution < 1.29 is 9.53 Å². The normalized spacial score (nSPS) is 15.7. The molecule has 1 aliphatic rings. The summed E-state index contributed by atoms with van der Waals surface area (Å²) in [4.78, 5) is 24.6. The first-order valence-electron chi connectivity index (χ1n) is 9.99. The largest absolute Gasteiger partial charge is 0.496 e. The van der Waals surface area contributed by atoms with Crippen LogP contribution in [-0.4, -0.2) is 65.5 Å². The van der Waals surface area contributed by atoms with Crippen LogP contribution in [0.2, 0.25) is 0 Å². The molecule has 0 spiro atoms. The van der Waals surface area contributed by atoms with Crippen LogP contribution in [0.1, 0.15) is 22.3 Å². The van der Waals surface area contributed by atoms with Crippen LogP contribution in [0.5, 0.6) is 5.75 Å². The molecule has 2 aromatic carbocycles. The molecule has 29 heavy (non-hydrogen) atoms. The van der Waals surface area contributed by atoms with E-state index in [9.17, 15) is 4.79 Å². The molecule has 150 valence electrons. The van der Waals surface area contributed by atoms with E-state index in [4.69, 9.17) is 4.74 Å². The van der Waals surface area contributed by atoms with E-state index in [1.54, 1.807) is 13.4 Å². The van der Waals surface area contributed by atoms with Crippen molar-refractivity contribution in [2.75, 3.05) is 39.8 Å². The molecule has 1 aliphatic heterocycles. The number of para-hydroxylation sites is 1. The number of nitrogens with zero attached hydrogens (tertiary/aromatic N) is 3. The van der Waals surface area contributed by atoms with E-state index >= 15 is 0 Å². The Morgan fingerprint density at radius 3 is 2.97 bits per heavy atom. The van der Waals surface area contributed by atoms with Crippen molar-refractivity contribution in [1.29, 1.82) is 0 Å². The Bertz CT molecular complexity index is 1010. The predicted octanol–water partition coefficient (Wildman–Crippen LogP) is 3.43. The van der Waals surface area contributed by atoms with E-state index in [2.05, 4.69) is 33.1 Å². The van der Waals surface area contributed by atoms with Crippen LogP contribution in [0.15, 0.2) is 54.9 Å². The number of carbonyl (C=O) groups excluding carboxylic acids is 1. The second-order valence-corrected chi connectivity index (χ2v) is 7.23. The van der Waals surface area contributed by atoms with Crippen LogP contribution in [0.4, 0.5) is 0 Å². The molecule has 0 saturated carbocycles. The molecule has 0 atom stereocenters. The molecule has 4 rings (SSSR count). The summed E-state index contributed by atoms with van der Waals surface area (Å²) in [5, 5.41) is 0. The maximum Gasteiger partial charge on any atom is 0.253 e. The van der Waals surface area contributed by atoms with E-state index in [0.717, 1.165) is 61.5 Å². The summed E-state index contributed by atoms with van der Waals surface area (Å²) in [6.07, 6.45) is 6.90. The topological polar surface area (TPSA) is 61.5 Å². The van der Waals surface area contributed by atoms with Crippen LogP contribution in [0.25, 0.3) is 17.1 Å². The predicted molar refractivity (Wildman–Crippen MR) is 115 cm³/mol. The lowest BCUT2D eigenvalue weighted by atomic mass is 10.1. The van der Waals surface area contributed by atoms with Gasteiger partial charge in [0.15, 0.2) is 0 Å². The average Bonchev–Trinajstić information content (AvgIpc) is 3.10. The molecule has 3 aromatic rings. The Balaban J connectivity index is 1.35. The van der Waals surface area contributed by atoms with Gasteiger partial charge in [-0.2, -0.15) is 0 Å². The molecule has 6 nitrogen and oxygen atoms in total. The van der Waals surface area contributed by atoms with Gasteiger partial charge in [-0.1, -0.05) is 30.4 Å². The van der Waals surface area contributed by atoms with Gasteiger partial charge in [-0.15, -0.1) is 0 Å². The van der Waals surface area contributed by atoms with Crippen LogP contribution in [0.3, 0.4) is 0 Å². The molecule has 0 bridgehead atoms. The van der Waals surface area contributed by atoms with Gasteiger partial charge in [0.05, 0.1) is 24.5 Å². The zero-order valence-corrected chi connectivity index (χ0v) is 16.7. The molecule has 1 fully saturated rings. The van der Waals surface area contributed by atoms with Crippen LogP contribution >= 0.6 is 0 Å². The third kappa shape index (κ3) is 4.49. The first kappa shape index (κ1) is 19.2.